The summed E-state index contributed by atoms with van der Waals surface area (Å²) in [5, 5.41) is 23.2. The number of esters is 1. The minimum Gasteiger partial charge on any atom is -0.477 e. The van der Waals surface area contributed by atoms with Gasteiger partial charge in [0, 0.05) is 30.2 Å². The van der Waals surface area contributed by atoms with E-state index in [1.165, 1.54) is 12.3 Å². The molecule has 34 heavy (non-hydrogen) atoms. The highest BCUT2D eigenvalue weighted by Gasteiger charge is 2.59. The number of carboxylic acid groups (broad SMARTS) is 1. The van der Waals surface area contributed by atoms with Crippen LogP contribution in [0.2, 0.25) is 0 Å². The van der Waals surface area contributed by atoms with Crippen molar-refractivity contribution in [1.29, 1.82) is 5.41 Å². The molecule has 4 rings (SSSR count). The Balaban J connectivity index is 1.66. The van der Waals surface area contributed by atoms with Crippen molar-refractivity contribution in [3.05, 3.63) is 22.3 Å². The maximum Gasteiger partial charge on any atom is 0.352 e. The Kier molecular flexibility index (Phi) is 6.18. The zero-order valence-electron chi connectivity index (χ0n) is 17.6. The van der Waals surface area contributed by atoms with E-state index in [0.29, 0.717) is 0 Å². The summed E-state index contributed by atoms with van der Waals surface area (Å²) in [5.74, 6) is -3.56. The van der Waals surface area contributed by atoms with E-state index < -0.39 is 46.9 Å². The van der Waals surface area contributed by atoms with E-state index in [1.54, 1.807) is 0 Å². The highest BCUT2D eigenvalue weighted by molar-refractivity contribution is 8.00. The van der Waals surface area contributed by atoms with Gasteiger partial charge in [0.2, 0.25) is 0 Å². The van der Waals surface area contributed by atoms with Crippen molar-refractivity contribution < 1.29 is 33.8 Å². The molecule has 4 amide bonds. The molecule has 16 heteroatoms. The number of fused-ring (bicyclic) bond motifs is 1. The summed E-state index contributed by atoms with van der Waals surface area (Å²) >= 11 is 2.19. The summed E-state index contributed by atoms with van der Waals surface area (Å²) in [6.45, 7) is 1.17. The zero-order valence-corrected chi connectivity index (χ0v) is 19.3. The number of hydrogen-bond acceptors (Lipinski definition) is 11. The van der Waals surface area contributed by atoms with Crippen LogP contribution in [-0.2, 0) is 23.9 Å². The number of nitrogens with zero attached hydrogens (tertiary/aromatic N) is 4. The fourth-order valence-electron chi connectivity index (χ4n) is 3.73. The van der Waals surface area contributed by atoms with Gasteiger partial charge in [0.25, 0.3) is 11.8 Å². The molecule has 0 aromatic carbocycles. The minimum atomic E-state index is -1.39. The molecule has 0 aliphatic carbocycles. The van der Waals surface area contributed by atoms with Gasteiger partial charge in [-0.2, -0.15) is 0 Å². The SMILES string of the molecule is CC(=O)OCC1=C(C(=O)O)N2C(=O)C(N(C(=O)C(=N)c3csc(N)n3)N3CCNC3=O)C2SC1. The standard InChI is InChI=1S/C18H19N7O7S2/c1-7(26)32-4-8-5-33-15-12(14(28)24(15)11(8)16(29)30)25(23-3-2-21-18(23)31)13(27)10(19)9-6-34-17(20)22-9/h6,12,15,19H,2-5H2,1H3,(H2,20,22)(H,21,31)(H,29,30). The van der Waals surface area contributed by atoms with Crippen molar-refractivity contribution in [3.63, 3.8) is 0 Å². The van der Waals surface area contributed by atoms with Crippen LogP contribution in [0.15, 0.2) is 16.7 Å². The number of amides is 4. The molecule has 0 bridgehead atoms. The Morgan fingerprint density at radius 2 is 2.15 bits per heavy atom. The monoisotopic (exact) mass is 509 g/mol. The average molecular weight is 510 g/mol. The molecule has 5 N–H and O–H groups in total. The van der Waals surface area contributed by atoms with Crippen molar-refractivity contribution >= 4 is 63.7 Å². The van der Waals surface area contributed by atoms with Gasteiger partial charge in [-0.05, 0) is 0 Å². The largest absolute Gasteiger partial charge is 0.477 e. The number of carboxylic acids is 1. The van der Waals surface area contributed by atoms with Crippen molar-refractivity contribution in [2.75, 3.05) is 31.2 Å². The molecular formula is C18H19N7O7S2. The number of nitrogen functional groups attached to an aromatic ring is 1. The molecule has 2 atom stereocenters. The second-order valence-corrected chi connectivity index (χ2v) is 9.34. The van der Waals surface area contributed by atoms with Crippen LogP contribution in [0, 0.1) is 5.41 Å². The molecule has 3 aliphatic rings. The normalized spacial score (nSPS) is 21.6. The van der Waals surface area contributed by atoms with E-state index in [-0.39, 0.29) is 47.5 Å². The van der Waals surface area contributed by atoms with Crippen LogP contribution in [0.5, 0.6) is 0 Å². The van der Waals surface area contributed by atoms with E-state index in [2.05, 4.69) is 10.3 Å². The second-order valence-electron chi connectivity index (χ2n) is 7.34. The Bertz CT molecular complexity index is 1150. The lowest BCUT2D eigenvalue weighted by molar-refractivity contribution is -0.169. The second kappa shape index (κ2) is 8.94. The van der Waals surface area contributed by atoms with Gasteiger partial charge in [-0.1, -0.05) is 0 Å². The lowest BCUT2D eigenvalue weighted by atomic mass is 10.0. The van der Waals surface area contributed by atoms with E-state index >= 15 is 0 Å². The first-order valence-electron chi connectivity index (χ1n) is 9.84. The molecule has 0 radical (unpaired) electrons. The van der Waals surface area contributed by atoms with Crippen LogP contribution in [0.4, 0.5) is 9.93 Å². The number of rotatable bonds is 7. The summed E-state index contributed by atoms with van der Waals surface area (Å²) in [7, 11) is 0. The lowest BCUT2D eigenvalue weighted by Crippen LogP contribution is -2.74. The number of aliphatic carboxylic acids is 1. The third kappa shape index (κ3) is 3.94. The number of carbonyl (C=O) groups is 5. The van der Waals surface area contributed by atoms with Gasteiger partial charge in [0.15, 0.2) is 11.2 Å². The molecular weight excluding hydrogens is 490 g/mol. The molecule has 180 valence electrons. The summed E-state index contributed by atoms with van der Waals surface area (Å²) < 4.78 is 4.91. The first-order chi connectivity index (χ1) is 16.1. The number of hydrazine groups is 1. The van der Waals surface area contributed by atoms with Gasteiger partial charge < -0.3 is 20.9 Å². The highest BCUT2D eigenvalue weighted by atomic mass is 32.2. The Morgan fingerprint density at radius 1 is 1.41 bits per heavy atom. The van der Waals surface area contributed by atoms with Crippen molar-refractivity contribution in [2.45, 2.75) is 18.3 Å². The number of thiazole rings is 1. The number of nitrogens with one attached hydrogen (secondary N) is 2. The van der Waals surface area contributed by atoms with Gasteiger partial charge in [-0.15, -0.1) is 23.1 Å². The van der Waals surface area contributed by atoms with Gasteiger partial charge in [0.05, 0.1) is 6.54 Å². The van der Waals surface area contributed by atoms with Crippen LogP contribution in [0.1, 0.15) is 12.6 Å². The Labute approximate surface area is 200 Å². The number of carbonyl (C=O) groups excluding carboxylic acids is 4. The molecule has 1 aromatic heterocycles. The van der Waals surface area contributed by atoms with Gasteiger partial charge in [-0.25, -0.2) is 24.6 Å². The molecule has 14 nitrogen and oxygen atoms in total. The number of β-lactam (4-membered cyclic amide) rings is 1. The number of nitrogens with two attached hydrogens (primary N) is 1. The molecule has 2 saturated heterocycles. The highest BCUT2D eigenvalue weighted by Crippen LogP contribution is 2.43. The van der Waals surface area contributed by atoms with Crippen molar-refractivity contribution in [2.24, 2.45) is 0 Å². The molecule has 0 spiro atoms. The number of anilines is 1. The van der Waals surface area contributed by atoms with Gasteiger partial charge >= 0.3 is 18.0 Å². The molecule has 0 saturated carbocycles. The van der Waals surface area contributed by atoms with Crippen LogP contribution >= 0.6 is 23.1 Å². The number of thioether (sulfide) groups is 1. The molecule has 2 fully saturated rings. The minimum absolute atomic E-state index is 0.00757. The van der Waals surface area contributed by atoms with Crippen molar-refractivity contribution in [3.8, 4) is 0 Å². The number of urea groups is 1. The number of hydrogen-bond donors (Lipinski definition) is 4. The maximum absolute atomic E-state index is 13.3. The van der Waals surface area contributed by atoms with Crippen LogP contribution in [-0.4, -0.2) is 97.4 Å². The molecule has 2 unspecified atom stereocenters. The summed E-state index contributed by atoms with van der Waals surface area (Å²) in [6.07, 6.45) is 0. The number of aromatic nitrogens is 1. The quantitative estimate of drug-likeness (QED) is 0.202. The van der Waals surface area contributed by atoms with Crippen molar-refractivity contribution in [1.82, 2.24) is 25.2 Å². The Morgan fingerprint density at radius 3 is 2.71 bits per heavy atom. The van der Waals surface area contributed by atoms with E-state index in [1.807, 2.05) is 0 Å². The first-order valence-corrected chi connectivity index (χ1v) is 11.8. The first kappa shape index (κ1) is 23.5. The predicted octanol–water partition coefficient (Wildman–Crippen LogP) is -0.953. The maximum atomic E-state index is 13.3. The zero-order chi connectivity index (χ0) is 24.7. The Hall–Kier alpha value is -3.66. The van der Waals surface area contributed by atoms with E-state index in [0.717, 1.165) is 38.0 Å². The van der Waals surface area contributed by atoms with Crippen LogP contribution < -0.4 is 11.1 Å². The number of ether oxygens (including phenoxy) is 1. The third-order valence-electron chi connectivity index (χ3n) is 5.23. The molecule has 1 aromatic rings. The lowest BCUT2D eigenvalue weighted by Gasteiger charge is -2.53. The van der Waals surface area contributed by atoms with E-state index in [9.17, 15) is 29.1 Å². The predicted molar refractivity (Wildman–Crippen MR) is 118 cm³/mol. The third-order valence-corrected chi connectivity index (χ3v) is 7.23. The van der Waals surface area contributed by atoms with Crippen LogP contribution in [0.25, 0.3) is 0 Å². The van der Waals surface area contributed by atoms with Gasteiger partial charge in [0.1, 0.15) is 29.1 Å². The van der Waals surface area contributed by atoms with Gasteiger partial charge in [-0.3, -0.25) is 24.7 Å². The topological polar surface area (TPSA) is 199 Å². The molecule has 3 aliphatic heterocycles. The summed E-state index contributed by atoms with van der Waals surface area (Å²) in [5.41, 5.74) is 4.93. The summed E-state index contributed by atoms with van der Waals surface area (Å²) in [4.78, 5) is 67.0. The van der Waals surface area contributed by atoms with E-state index in [4.69, 9.17) is 15.9 Å². The van der Waals surface area contributed by atoms with Crippen LogP contribution in [0.3, 0.4) is 0 Å². The molecule has 4 heterocycles. The summed E-state index contributed by atoms with van der Waals surface area (Å²) in [6, 6.07) is -1.86. The smallest absolute Gasteiger partial charge is 0.352 e. The fraction of sp³-hybridized carbons (Fsp3) is 0.389. The average Bonchev–Trinajstić information content (AvgIpc) is 3.41. The fourth-order valence-corrected chi connectivity index (χ4v) is 5.65.